The van der Waals surface area contributed by atoms with Gasteiger partial charge in [-0.2, -0.15) is 5.10 Å². The number of ether oxygens (including phenoxy) is 1. The van der Waals surface area contributed by atoms with E-state index in [1.165, 1.54) is 4.68 Å². The van der Waals surface area contributed by atoms with Crippen molar-refractivity contribution in [2.75, 3.05) is 18.5 Å². The average molecular weight is 358 g/mol. The molecule has 0 radical (unpaired) electrons. The Bertz CT molecular complexity index is 518. The fraction of sp³-hybridized carbons (Fsp3) is 0.733. The van der Waals surface area contributed by atoms with Crippen LogP contribution in [0.1, 0.15) is 39.5 Å². The molecule has 1 aliphatic rings. The Morgan fingerprint density at radius 1 is 1.52 bits per heavy atom. The van der Waals surface area contributed by atoms with Gasteiger partial charge in [0.1, 0.15) is 4.47 Å². The molecule has 2 unspecified atom stereocenters. The molecule has 0 amide bonds. The predicted octanol–water partition coefficient (Wildman–Crippen LogP) is 3.03. The first-order valence-corrected chi connectivity index (χ1v) is 8.57. The maximum Gasteiger partial charge on any atom is 0.283 e. The highest BCUT2D eigenvalue weighted by atomic mass is 79.9. The molecule has 0 bridgehead atoms. The van der Waals surface area contributed by atoms with Crippen molar-refractivity contribution in [3.63, 3.8) is 0 Å². The molecule has 0 aliphatic carbocycles. The van der Waals surface area contributed by atoms with Crippen molar-refractivity contribution in [2.45, 2.75) is 52.2 Å². The minimum atomic E-state index is -0.0665. The lowest BCUT2D eigenvalue weighted by Gasteiger charge is -2.18. The molecule has 1 N–H and O–H groups in total. The molecule has 2 heterocycles. The van der Waals surface area contributed by atoms with Gasteiger partial charge in [-0.05, 0) is 35.2 Å². The number of nitrogens with zero attached hydrogens (tertiary/aromatic N) is 2. The summed E-state index contributed by atoms with van der Waals surface area (Å²) < 4.78 is 7.78. The van der Waals surface area contributed by atoms with Crippen LogP contribution < -0.4 is 10.9 Å². The highest BCUT2D eigenvalue weighted by Crippen LogP contribution is 2.25. The van der Waals surface area contributed by atoms with Gasteiger partial charge in [-0.3, -0.25) is 4.79 Å². The van der Waals surface area contributed by atoms with Gasteiger partial charge in [0.2, 0.25) is 0 Å². The van der Waals surface area contributed by atoms with Crippen LogP contribution >= 0.6 is 15.9 Å². The van der Waals surface area contributed by atoms with Crippen LogP contribution in [-0.4, -0.2) is 29.0 Å². The topological polar surface area (TPSA) is 56.1 Å². The first-order chi connectivity index (χ1) is 10.2. The van der Waals surface area contributed by atoms with Crippen molar-refractivity contribution in [3.05, 3.63) is 21.0 Å². The minimum absolute atomic E-state index is 0.0665. The van der Waals surface area contributed by atoms with E-state index in [1.54, 1.807) is 6.20 Å². The third-order valence-corrected chi connectivity index (χ3v) is 4.78. The zero-order chi connectivity index (χ0) is 15.2. The van der Waals surface area contributed by atoms with Crippen LogP contribution in [0.3, 0.4) is 0 Å². The van der Waals surface area contributed by atoms with Crippen LogP contribution in [-0.2, 0) is 11.3 Å². The average Bonchev–Trinajstić information content (AvgIpc) is 2.95. The number of anilines is 1. The lowest BCUT2D eigenvalue weighted by molar-refractivity contribution is 0.0900. The molecule has 0 saturated carbocycles. The number of aryl methyl sites for hydroxylation is 1. The quantitative estimate of drug-likeness (QED) is 0.814. The summed E-state index contributed by atoms with van der Waals surface area (Å²) in [6, 6.07) is 0. The van der Waals surface area contributed by atoms with E-state index in [0.29, 0.717) is 23.0 Å². The Labute approximate surface area is 134 Å². The summed E-state index contributed by atoms with van der Waals surface area (Å²) in [5.41, 5.74) is 0.706. The third-order valence-electron chi connectivity index (χ3n) is 4.01. The van der Waals surface area contributed by atoms with Crippen LogP contribution in [0.15, 0.2) is 15.5 Å². The molecule has 21 heavy (non-hydrogen) atoms. The summed E-state index contributed by atoms with van der Waals surface area (Å²) in [5.74, 6) is 0.504. The van der Waals surface area contributed by atoms with E-state index in [4.69, 9.17) is 4.74 Å². The third kappa shape index (κ3) is 4.07. The number of hydrogen-bond acceptors (Lipinski definition) is 4. The van der Waals surface area contributed by atoms with Crippen LogP contribution in [0.25, 0.3) is 0 Å². The molecule has 5 nitrogen and oxygen atoms in total. The van der Waals surface area contributed by atoms with Gasteiger partial charge in [0.25, 0.3) is 5.56 Å². The fourth-order valence-electron chi connectivity index (χ4n) is 2.67. The minimum Gasteiger partial charge on any atom is -0.382 e. The van der Waals surface area contributed by atoms with Gasteiger partial charge in [0.15, 0.2) is 0 Å². The number of hydrogen-bond donors (Lipinski definition) is 1. The van der Waals surface area contributed by atoms with E-state index < -0.39 is 0 Å². The molecule has 1 saturated heterocycles. The van der Waals surface area contributed by atoms with Crippen molar-refractivity contribution in [2.24, 2.45) is 5.92 Å². The lowest BCUT2D eigenvalue weighted by Crippen LogP contribution is -2.27. The van der Waals surface area contributed by atoms with Gasteiger partial charge >= 0.3 is 0 Å². The number of unbranched alkanes of at least 4 members (excludes halogenated alkanes) is 1. The molecule has 6 heteroatoms. The smallest absolute Gasteiger partial charge is 0.283 e. The first kappa shape index (κ1) is 16.5. The number of halogens is 1. The first-order valence-electron chi connectivity index (χ1n) is 7.78. The monoisotopic (exact) mass is 357 g/mol. The van der Waals surface area contributed by atoms with Crippen LogP contribution in [0.2, 0.25) is 0 Å². The largest absolute Gasteiger partial charge is 0.382 e. The van der Waals surface area contributed by atoms with E-state index in [9.17, 15) is 4.79 Å². The summed E-state index contributed by atoms with van der Waals surface area (Å²) in [7, 11) is 0. The Balaban J connectivity index is 2.00. The van der Waals surface area contributed by atoms with E-state index in [1.807, 2.05) is 0 Å². The zero-order valence-electron chi connectivity index (χ0n) is 12.8. The standard InChI is InChI=1S/C15H24BrN3O2/c1-3-5-7-19-15(20)14(16)12(10-18-19)17-9-11-6-8-21-13(11)4-2/h10-11,13,17H,3-9H2,1-2H3. The van der Waals surface area contributed by atoms with E-state index in [-0.39, 0.29) is 5.56 Å². The molecular formula is C15H24BrN3O2. The number of rotatable bonds is 7. The molecule has 1 aromatic heterocycles. The lowest BCUT2D eigenvalue weighted by atomic mass is 10.00. The molecule has 0 aromatic carbocycles. The highest BCUT2D eigenvalue weighted by Gasteiger charge is 2.26. The SMILES string of the molecule is CCCCn1ncc(NCC2CCOC2CC)c(Br)c1=O. The van der Waals surface area contributed by atoms with Gasteiger partial charge in [-0.25, -0.2) is 4.68 Å². The maximum atomic E-state index is 12.2. The number of aromatic nitrogens is 2. The normalized spacial score (nSPS) is 21.7. The van der Waals surface area contributed by atoms with Gasteiger partial charge in [0, 0.05) is 25.6 Å². The van der Waals surface area contributed by atoms with E-state index in [0.717, 1.165) is 44.5 Å². The van der Waals surface area contributed by atoms with Gasteiger partial charge in [-0.15, -0.1) is 0 Å². The van der Waals surface area contributed by atoms with E-state index in [2.05, 4.69) is 40.2 Å². The Morgan fingerprint density at radius 3 is 3.05 bits per heavy atom. The van der Waals surface area contributed by atoms with Gasteiger partial charge in [-0.1, -0.05) is 20.3 Å². The molecular weight excluding hydrogens is 334 g/mol. The number of nitrogens with one attached hydrogen (secondary N) is 1. The Morgan fingerprint density at radius 2 is 2.33 bits per heavy atom. The van der Waals surface area contributed by atoms with Crippen LogP contribution in [0, 0.1) is 5.92 Å². The fourth-order valence-corrected chi connectivity index (χ4v) is 3.12. The van der Waals surface area contributed by atoms with Crippen molar-refractivity contribution >= 4 is 21.6 Å². The predicted molar refractivity (Wildman–Crippen MR) is 87.7 cm³/mol. The molecule has 2 atom stereocenters. The Hall–Kier alpha value is -0.880. The molecule has 1 aromatic rings. The maximum absolute atomic E-state index is 12.2. The highest BCUT2D eigenvalue weighted by molar-refractivity contribution is 9.10. The Kier molecular flexibility index (Phi) is 6.23. The summed E-state index contributed by atoms with van der Waals surface area (Å²) in [6.07, 6.45) is 6.18. The van der Waals surface area contributed by atoms with Crippen LogP contribution in [0.5, 0.6) is 0 Å². The van der Waals surface area contributed by atoms with Crippen LogP contribution in [0.4, 0.5) is 5.69 Å². The summed E-state index contributed by atoms with van der Waals surface area (Å²) >= 11 is 3.40. The molecule has 1 aliphatic heterocycles. The molecule has 2 rings (SSSR count). The van der Waals surface area contributed by atoms with Crippen molar-refractivity contribution in [3.8, 4) is 0 Å². The second kappa shape index (κ2) is 7.94. The van der Waals surface area contributed by atoms with Gasteiger partial charge in [0.05, 0.1) is 18.0 Å². The second-order valence-corrected chi connectivity index (χ2v) is 6.29. The van der Waals surface area contributed by atoms with Crippen molar-refractivity contribution < 1.29 is 4.74 Å². The van der Waals surface area contributed by atoms with Crippen molar-refractivity contribution in [1.82, 2.24) is 9.78 Å². The summed E-state index contributed by atoms with van der Waals surface area (Å²) in [5, 5.41) is 7.58. The zero-order valence-corrected chi connectivity index (χ0v) is 14.4. The molecule has 0 spiro atoms. The van der Waals surface area contributed by atoms with Crippen molar-refractivity contribution in [1.29, 1.82) is 0 Å². The molecule has 118 valence electrons. The van der Waals surface area contributed by atoms with Gasteiger partial charge < -0.3 is 10.1 Å². The summed E-state index contributed by atoms with van der Waals surface area (Å²) in [4.78, 5) is 12.2. The van der Waals surface area contributed by atoms with E-state index >= 15 is 0 Å². The molecule has 1 fully saturated rings. The summed E-state index contributed by atoms with van der Waals surface area (Å²) in [6.45, 7) is 6.57. The second-order valence-electron chi connectivity index (χ2n) is 5.50.